The van der Waals surface area contributed by atoms with Gasteiger partial charge < -0.3 is 10.2 Å². The third-order valence-corrected chi connectivity index (χ3v) is 2.85. The molecule has 0 aromatic heterocycles. The molecule has 0 saturated heterocycles. The average molecular weight is 260 g/mol. The van der Waals surface area contributed by atoms with Gasteiger partial charge in [-0.15, -0.1) is 0 Å². The lowest BCUT2D eigenvalue weighted by Gasteiger charge is -2.08. The van der Waals surface area contributed by atoms with Gasteiger partial charge in [0.1, 0.15) is 11.9 Å². The standard InChI is InChI=1S/C15H13FO3/c16-13-4-2-1-3-12(13)15(19)11-7-5-10(6-8-11)14(18)9-17/h1-8,14,17-18H,9H2. The lowest BCUT2D eigenvalue weighted by molar-refractivity contribution is 0.0955. The zero-order valence-electron chi connectivity index (χ0n) is 10.1. The summed E-state index contributed by atoms with van der Waals surface area (Å²) in [6, 6.07) is 11.9. The molecule has 0 saturated carbocycles. The fraction of sp³-hybridized carbons (Fsp3) is 0.133. The first-order chi connectivity index (χ1) is 9.13. The predicted molar refractivity (Wildman–Crippen MR) is 68.3 cm³/mol. The van der Waals surface area contributed by atoms with Gasteiger partial charge in [0.05, 0.1) is 12.2 Å². The zero-order chi connectivity index (χ0) is 13.8. The second-order valence-electron chi connectivity index (χ2n) is 4.13. The minimum atomic E-state index is -0.974. The van der Waals surface area contributed by atoms with E-state index in [0.717, 1.165) is 0 Å². The van der Waals surface area contributed by atoms with Crippen molar-refractivity contribution >= 4 is 5.78 Å². The van der Waals surface area contributed by atoms with Gasteiger partial charge in [0.15, 0.2) is 5.78 Å². The SMILES string of the molecule is O=C(c1ccc(C(O)CO)cc1)c1ccccc1F. The van der Waals surface area contributed by atoms with E-state index in [4.69, 9.17) is 5.11 Å². The van der Waals surface area contributed by atoms with Gasteiger partial charge >= 0.3 is 0 Å². The van der Waals surface area contributed by atoms with Gasteiger partial charge in [-0.05, 0) is 17.7 Å². The lowest BCUT2D eigenvalue weighted by Crippen LogP contribution is -2.06. The van der Waals surface area contributed by atoms with Crippen molar-refractivity contribution in [3.05, 3.63) is 71.0 Å². The number of aliphatic hydroxyl groups excluding tert-OH is 2. The monoisotopic (exact) mass is 260 g/mol. The second-order valence-corrected chi connectivity index (χ2v) is 4.13. The summed E-state index contributed by atoms with van der Waals surface area (Å²) in [4.78, 5) is 12.1. The molecule has 98 valence electrons. The van der Waals surface area contributed by atoms with Gasteiger partial charge in [0, 0.05) is 5.56 Å². The Balaban J connectivity index is 2.28. The molecule has 3 nitrogen and oxygen atoms in total. The minimum absolute atomic E-state index is 0.0120. The Hall–Kier alpha value is -2.04. The summed E-state index contributed by atoms with van der Waals surface area (Å²) in [5, 5.41) is 18.2. The maximum absolute atomic E-state index is 13.5. The first kappa shape index (κ1) is 13.4. The van der Waals surface area contributed by atoms with E-state index in [1.807, 2.05) is 0 Å². The Morgan fingerprint density at radius 1 is 1.11 bits per heavy atom. The normalized spacial score (nSPS) is 12.2. The number of rotatable bonds is 4. The summed E-state index contributed by atoms with van der Waals surface area (Å²) < 4.78 is 13.5. The number of carbonyl (C=O) groups excluding carboxylic acids is 1. The molecule has 2 aromatic rings. The summed E-state index contributed by atoms with van der Waals surface area (Å²) in [5.41, 5.74) is 0.851. The summed E-state index contributed by atoms with van der Waals surface area (Å²) in [7, 11) is 0. The van der Waals surface area contributed by atoms with Crippen molar-refractivity contribution in [2.45, 2.75) is 6.10 Å². The number of hydrogen-bond acceptors (Lipinski definition) is 3. The highest BCUT2D eigenvalue weighted by molar-refractivity contribution is 6.09. The Kier molecular flexibility index (Phi) is 4.04. The molecule has 0 amide bonds. The van der Waals surface area contributed by atoms with E-state index in [0.29, 0.717) is 11.1 Å². The number of benzene rings is 2. The topological polar surface area (TPSA) is 57.5 Å². The zero-order valence-corrected chi connectivity index (χ0v) is 10.1. The van der Waals surface area contributed by atoms with Crippen molar-refractivity contribution in [3.8, 4) is 0 Å². The summed E-state index contributed by atoms with van der Waals surface area (Å²) in [5.74, 6) is -0.977. The first-order valence-electron chi connectivity index (χ1n) is 5.81. The number of halogens is 1. The molecule has 4 heteroatoms. The maximum Gasteiger partial charge on any atom is 0.195 e. The highest BCUT2D eigenvalue weighted by Gasteiger charge is 2.14. The van der Waals surface area contributed by atoms with E-state index in [1.54, 1.807) is 6.07 Å². The predicted octanol–water partition coefficient (Wildman–Crippen LogP) is 2.08. The van der Waals surface area contributed by atoms with Crippen LogP contribution in [0, 0.1) is 5.82 Å². The van der Waals surface area contributed by atoms with Crippen LogP contribution in [0.4, 0.5) is 4.39 Å². The Morgan fingerprint density at radius 2 is 1.74 bits per heavy atom. The molecule has 2 rings (SSSR count). The van der Waals surface area contributed by atoms with Crippen LogP contribution in [0.5, 0.6) is 0 Å². The number of carbonyl (C=O) groups is 1. The Labute approximate surface area is 109 Å². The molecule has 0 spiro atoms. The molecule has 0 radical (unpaired) electrons. The van der Waals surface area contributed by atoms with Crippen LogP contribution in [0.2, 0.25) is 0 Å². The summed E-state index contributed by atoms with van der Waals surface area (Å²) in [6.07, 6.45) is -0.974. The third-order valence-electron chi connectivity index (χ3n) is 2.85. The molecule has 2 N–H and O–H groups in total. The summed E-state index contributed by atoms with van der Waals surface area (Å²) in [6.45, 7) is -0.388. The maximum atomic E-state index is 13.5. The molecule has 0 aliphatic heterocycles. The van der Waals surface area contributed by atoms with Crippen molar-refractivity contribution in [1.29, 1.82) is 0 Å². The number of aliphatic hydroxyl groups is 2. The van der Waals surface area contributed by atoms with Gasteiger partial charge in [-0.3, -0.25) is 4.79 Å². The van der Waals surface area contributed by atoms with Crippen LogP contribution in [-0.4, -0.2) is 22.6 Å². The van der Waals surface area contributed by atoms with Crippen LogP contribution in [0.3, 0.4) is 0 Å². The van der Waals surface area contributed by atoms with Gasteiger partial charge in [-0.2, -0.15) is 0 Å². The van der Waals surface area contributed by atoms with Gasteiger partial charge in [0.25, 0.3) is 0 Å². The molecule has 2 aromatic carbocycles. The lowest BCUT2D eigenvalue weighted by atomic mass is 10.0. The van der Waals surface area contributed by atoms with Crippen LogP contribution in [-0.2, 0) is 0 Å². The van der Waals surface area contributed by atoms with Crippen LogP contribution >= 0.6 is 0 Å². The molecule has 1 atom stereocenters. The Bertz CT molecular complexity index is 578. The van der Waals surface area contributed by atoms with Crippen LogP contribution in [0.15, 0.2) is 48.5 Å². The van der Waals surface area contributed by atoms with E-state index in [-0.39, 0.29) is 12.2 Å². The minimum Gasteiger partial charge on any atom is -0.393 e. The van der Waals surface area contributed by atoms with E-state index in [2.05, 4.69) is 0 Å². The molecule has 0 heterocycles. The molecule has 0 fully saturated rings. The van der Waals surface area contributed by atoms with E-state index in [1.165, 1.54) is 42.5 Å². The highest BCUT2D eigenvalue weighted by Crippen LogP contribution is 2.17. The van der Waals surface area contributed by atoms with Crippen molar-refractivity contribution < 1.29 is 19.4 Å². The molecule has 19 heavy (non-hydrogen) atoms. The Morgan fingerprint density at radius 3 is 2.32 bits per heavy atom. The van der Waals surface area contributed by atoms with Crippen LogP contribution < -0.4 is 0 Å². The second kappa shape index (κ2) is 5.73. The molecular formula is C15H13FO3. The molecule has 0 bridgehead atoms. The highest BCUT2D eigenvalue weighted by atomic mass is 19.1. The van der Waals surface area contributed by atoms with Crippen LogP contribution in [0.1, 0.15) is 27.6 Å². The van der Waals surface area contributed by atoms with Crippen molar-refractivity contribution in [1.82, 2.24) is 0 Å². The third kappa shape index (κ3) is 2.86. The van der Waals surface area contributed by atoms with E-state index < -0.39 is 17.7 Å². The number of ketones is 1. The first-order valence-corrected chi connectivity index (χ1v) is 5.81. The van der Waals surface area contributed by atoms with E-state index >= 15 is 0 Å². The quantitative estimate of drug-likeness (QED) is 0.827. The molecule has 0 aliphatic rings. The van der Waals surface area contributed by atoms with Crippen molar-refractivity contribution in [2.75, 3.05) is 6.61 Å². The largest absolute Gasteiger partial charge is 0.393 e. The van der Waals surface area contributed by atoms with Gasteiger partial charge in [0.2, 0.25) is 0 Å². The fourth-order valence-corrected chi connectivity index (χ4v) is 1.76. The van der Waals surface area contributed by atoms with Crippen LogP contribution in [0.25, 0.3) is 0 Å². The fourth-order valence-electron chi connectivity index (χ4n) is 1.76. The van der Waals surface area contributed by atoms with Crippen molar-refractivity contribution in [3.63, 3.8) is 0 Å². The number of hydrogen-bond donors (Lipinski definition) is 2. The molecule has 1 unspecified atom stereocenters. The van der Waals surface area contributed by atoms with E-state index in [9.17, 15) is 14.3 Å². The van der Waals surface area contributed by atoms with Crippen molar-refractivity contribution in [2.24, 2.45) is 0 Å². The molecule has 0 aliphatic carbocycles. The average Bonchev–Trinajstić information content (AvgIpc) is 2.46. The van der Waals surface area contributed by atoms with Gasteiger partial charge in [-0.1, -0.05) is 36.4 Å². The van der Waals surface area contributed by atoms with Gasteiger partial charge in [-0.25, -0.2) is 4.39 Å². The molecular weight excluding hydrogens is 247 g/mol. The summed E-state index contributed by atoms with van der Waals surface area (Å²) >= 11 is 0. The smallest absolute Gasteiger partial charge is 0.195 e.